The molecule has 17 heavy (non-hydrogen) atoms. The van der Waals surface area contributed by atoms with Gasteiger partial charge in [0, 0.05) is 12.7 Å². The molecule has 0 fully saturated rings. The third kappa shape index (κ3) is 3.94. The highest BCUT2D eigenvalue weighted by Gasteiger charge is 2.12. The molecule has 0 unspecified atom stereocenters. The van der Waals surface area contributed by atoms with Crippen molar-refractivity contribution in [3.8, 4) is 0 Å². The van der Waals surface area contributed by atoms with E-state index in [1.807, 2.05) is 0 Å². The molecule has 1 aromatic rings. The Bertz CT molecular complexity index is 478. The van der Waals surface area contributed by atoms with Crippen LogP contribution in [0.5, 0.6) is 0 Å². The Morgan fingerprint density at radius 3 is 2.94 bits per heavy atom. The van der Waals surface area contributed by atoms with Crippen LogP contribution in [-0.4, -0.2) is 30.0 Å². The molecule has 6 nitrogen and oxygen atoms in total. The minimum absolute atomic E-state index is 0.135. The van der Waals surface area contributed by atoms with Crippen molar-refractivity contribution in [1.29, 1.82) is 0 Å². The summed E-state index contributed by atoms with van der Waals surface area (Å²) in [7, 11) is 0. The summed E-state index contributed by atoms with van der Waals surface area (Å²) in [5, 5.41) is 2.43. The number of amides is 1. The predicted molar refractivity (Wildman–Crippen MR) is 60.6 cm³/mol. The van der Waals surface area contributed by atoms with E-state index in [2.05, 4.69) is 21.6 Å². The van der Waals surface area contributed by atoms with Gasteiger partial charge in [0.25, 0.3) is 11.5 Å². The number of carbonyl (C=O) groups is 2. The number of aromatic amines is 1. The summed E-state index contributed by atoms with van der Waals surface area (Å²) < 4.78 is 4.66. The van der Waals surface area contributed by atoms with Gasteiger partial charge in [0.1, 0.15) is 5.56 Å². The molecule has 0 aromatic carbocycles. The summed E-state index contributed by atoms with van der Waals surface area (Å²) >= 11 is 0. The molecule has 0 spiro atoms. The highest BCUT2D eigenvalue weighted by molar-refractivity contribution is 5.90. The van der Waals surface area contributed by atoms with Gasteiger partial charge in [-0.3, -0.25) is 9.59 Å². The molecule has 90 valence electrons. The molecule has 1 rings (SSSR count). The number of carbonyl (C=O) groups excluding carboxylic acids is 2. The van der Waals surface area contributed by atoms with Gasteiger partial charge in [-0.1, -0.05) is 6.08 Å². The molecule has 0 bridgehead atoms. The Hall–Kier alpha value is -2.37. The van der Waals surface area contributed by atoms with Crippen molar-refractivity contribution in [2.24, 2.45) is 0 Å². The average Bonchev–Trinajstić information content (AvgIpc) is 2.34. The summed E-state index contributed by atoms with van der Waals surface area (Å²) in [5.41, 5.74) is -0.687. The quantitative estimate of drug-likeness (QED) is 0.549. The Labute approximate surface area is 97.3 Å². The number of H-pyrrole nitrogens is 1. The zero-order chi connectivity index (χ0) is 12.7. The first kappa shape index (κ1) is 12.7. The fraction of sp³-hybridized carbons (Fsp3) is 0.182. The second-order valence-electron chi connectivity index (χ2n) is 3.08. The lowest BCUT2D eigenvalue weighted by Gasteiger charge is -2.04. The standard InChI is InChI=1S/C11H12N2O4/c1-2-5-12-9(14)7-17-11(16)8-4-3-6-13-10(8)15/h2-4,6H,1,5,7H2,(H,12,14)(H,13,15). The van der Waals surface area contributed by atoms with Crippen LogP contribution in [0, 0.1) is 0 Å². The van der Waals surface area contributed by atoms with Gasteiger partial charge in [0.15, 0.2) is 6.61 Å². The average molecular weight is 236 g/mol. The number of aromatic nitrogens is 1. The maximum absolute atomic E-state index is 11.4. The van der Waals surface area contributed by atoms with Crippen LogP contribution in [0.2, 0.25) is 0 Å². The molecule has 0 atom stereocenters. The molecule has 1 aromatic heterocycles. The third-order valence-electron chi connectivity index (χ3n) is 1.82. The van der Waals surface area contributed by atoms with Crippen molar-refractivity contribution < 1.29 is 14.3 Å². The lowest BCUT2D eigenvalue weighted by atomic mass is 10.3. The Balaban J connectivity index is 2.51. The smallest absolute Gasteiger partial charge is 0.344 e. The SMILES string of the molecule is C=CCNC(=O)COC(=O)c1ccc[nH]c1=O. The molecular formula is C11H12N2O4. The van der Waals surface area contributed by atoms with E-state index >= 15 is 0 Å². The molecular weight excluding hydrogens is 224 g/mol. The van der Waals surface area contributed by atoms with Crippen LogP contribution < -0.4 is 10.9 Å². The zero-order valence-corrected chi connectivity index (χ0v) is 9.06. The number of hydrogen-bond acceptors (Lipinski definition) is 4. The van der Waals surface area contributed by atoms with E-state index in [4.69, 9.17) is 0 Å². The topological polar surface area (TPSA) is 88.3 Å². The molecule has 2 N–H and O–H groups in total. The zero-order valence-electron chi connectivity index (χ0n) is 9.06. The van der Waals surface area contributed by atoms with E-state index in [-0.39, 0.29) is 5.56 Å². The Kier molecular flexibility index (Phi) is 4.68. The van der Waals surface area contributed by atoms with Crippen LogP contribution >= 0.6 is 0 Å². The van der Waals surface area contributed by atoms with Gasteiger partial charge in [0.2, 0.25) is 0 Å². The highest BCUT2D eigenvalue weighted by atomic mass is 16.5. The van der Waals surface area contributed by atoms with Gasteiger partial charge in [-0.15, -0.1) is 6.58 Å². The fourth-order valence-electron chi connectivity index (χ4n) is 1.03. The number of ether oxygens (including phenoxy) is 1. The van der Waals surface area contributed by atoms with Gasteiger partial charge < -0.3 is 15.0 Å². The highest BCUT2D eigenvalue weighted by Crippen LogP contribution is 1.93. The molecule has 0 radical (unpaired) electrons. The van der Waals surface area contributed by atoms with E-state index in [1.54, 1.807) is 0 Å². The number of rotatable bonds is 5. The first-order valence-electron chi connectivity index (χ1n) is 4.87. The predicted octanol–water partition coefficient (Wildman–Crippen LogP) is -0.166. The van der Waals surface area contributed by atoms with Crippen LogP contribution in [0.25, 0.3) is 0 Å². The minimum atomic E-state index is -0.833. The molecule has 0 saturated carbocycles. The lowest BCUT2D eigenvalue weighted by Crippen LogP contribution is -2.29. The maximum atomic E-state index is 11.4. The molecule has 0 aliphatic heterocycles. The molecule has 0 aliphatic rings. The number of esters is 1. The van der Waals surface area contributed by atoms with E-state index < -0.39 is 24.0 Å². The first-order chi connectivity index (χ1) is 8.15. The summed E-state index contributed by atoms with van der Waals surface area (Å²) in [6, 6.07) is 2.82. The molecule has 0 aliphatic carbocycles. The number of pyridine rings is 1. The molecule has 0 saturated heterocycles. The lowest BCUT2D eigenvalue weighted by molar-refractivity contribution is -0.124. The van der Waals surface area contributed by atoms with E-state index in [0.717, 1.165) is 0 Å². The van der Waals surface area contributed by atoms with E-state index in [0.29, 0.717) is 6.54 Å². The van der Waals surface area contributed by atoms with Crippen LogP contribution in [0.3, 0.4) is 0 Å². The van der Waals surface area contributed by atoms with Crippen LogP contribution in [0.15, 0.2) is 35.8 Å². The van der Waals surface area contributed by atoms with Crippen LogP contribution in [-0.2, 0) is 9.53 Å². The van der Waals surface area contributed by atoms with Gasteiger partial charge >= 0.3 is 5.97 Å². The summed E-state index contributed by atoms with van der Waals surface area (Å²) in [5.74, 6) is -1.29. The molecule has 1 heterocycles. The van der Waals surface area contributed by atoms with Crippen molar-refractivity contribution in [3.05, 3.63) is 46.9 Å². The van der Waals surface area contributed by atoms with Crippen molar-refractivity contribution in [1.82, 2.24) is 10.3 Å². The number of nitrogens with one attached hydrogen (secondary N) is 2. The third-order valence-corrected chi connectivity index (χ3v) is 1.82. The van der Waals surface area contributed by atoms with Gasteiger partial charge in [-0.05, 0) is 12.1 Å². The summed E-state index contributed by atoms with van der Waals surface area (Å²) in [6.45, 7) is 3.28. The van der Waals surface area contributed by atoms with E-state index in [1.165, 1.54) is 24.4 Å². The van der Waals surface area contributed by atoms with Crippen molar-refractivity contribution in [2.75, 3.05) is 13.2 Å². The minimum Gasteiger partial charge on any atom is -0.452 e. The fourth-order valence-corrected chi connectivity index (χ4v) is 1.03. The Morgan fingerprint density at radius 2 is 2.29 bits per heavy atom. The normalized spacial score (nSPS) is 9.41. The largest absolute Gasteiger partial charge is 0.452 e. The molecule has 1 amide bonds. The van der Waals surface area contributed by atoms with E-state index in [9.17, 15) is 14.4 Å². The van der Waals surface area contributed by atoms with Crippen molar-refractivity contribution in [3.63, 3.8) is 0 Å². The van der Waals surface area contributed by atoms with Crippen molar-refractivity contribution in [2.45, 2.75) is 0 Å². The maximum Gasteiger partial charge on any atom is 0.344 e. The van der Waals surface area contributed by atoms with Crippen LogP contribution in [0.4, 0.5) is 0 Å². The second-order valence-corrected chi connectivity index (χ2v) is 3.08. The monoisotopic (exact) mass is 236 g/mol. The Morgan fingerprint density at radius 1 is 1.53 bits per heavy atom. The second kappa shape index (κ2) is 6.26. The van der Waals surface area contributed by atoms with Gasteiger partial charge in [-0.2, -0.15) is 0 Å². The van der Waals surface area contributed by atoms with Gasteiger partial charge in [-0.25, -0.2) is 4.79 Å². The first-order valence-corrected chi connectivity index (χ1v) is 4.87. The van der Waals surface area contributed by atoms with Crippen molar-refractivity contribution >= 4 is 11.9 Å². The summed E-state index contributed by atoms with van der Waals surface area (Å²) in [4.78, 5) is 36.0. The van der Waals surface area contributed by atoms with Gasteiger partial charge in [0.05, 0.1) is 0 Å². The number of hydrogen-bond donors (Lipinski definition) is 2. The summed E-state index contributed by atoms with van der Waals surface area (Å²) in [6.07, 6.45) is 2.90. The molecule has 6 heteroatoms. The van der Waals surface area contributed by atoms with Crippen LogP contribution in [0.1, 0.15) is 10.4 Å².